The fraction of sp³-hybridized carbons (Fsp3) is 0.579. The number of carbonyl (C=O) groups excluding carboxylic acids is 1. The van der Waals surface area contributed by atoms with Crippen LogP contribution in [-0.2, 0) is 4.79 Å². The van der Waals surface area contributed by atoms with Crippen LogP contribution in [0.2, 0.25) is 0 Å². The zero-order chi connectivity index (χ0) is 18.2. The van der Waals surface area contributed by atoms with Crippen molar-refractivity contribution in [3.8, 4) is 5.75 Å². The smallest absolute Gasteiger partial charge is 0.317 e. The molecule has 1 heterocycles. The second-order valence-electron chi connectivity index (χ2n) is 7.35. The Morgan fingerprint density at radius 3 is 2.84 bits per heavy atom. The highest BCUT2D eigenvalue weighted by atomic mass is 16.5. The van der Waals surface area contributed by atoms with Crippen molar-refractivity contribution in [2.75, 3.05) is 20.2 Å². The van der Waals surface area contributed by atoms with Gasteiger partial charge in [-0.25, -0.2) is 4.79 Å². The van der Waals surface area contributed by atoms with Gasteiger partial charge in [0.2, 0.25) is 0 Å². The number of aliphatic carboxylic acids is 1. The molecule has 1 saturated carbocycles. The Kier molecular flexibility index (Phi) is 4.62. The largest absolute Gasteiger partial charge is 0.496 e. The number of methoxy groups -OCH3 is 1. The minimum atomic E-state index is -0.765. The number of fused-ring (bicyclic) bond motifs is 1. The van der Waals surface area contributed by atoms with E-state index in [9.17, 15) is 14.7 Å². The average Bonchev–Trinajstić information content (AvgIpc) is 3.13. The van der Waals surface area contributed by atoms with Gasteiger partial charge in [-0.3, -0.25) is 4.79 Å². The van der Waals surface area contributed by atoms with Gasteiger partial charge in [0.15, 0.2) is 0 Å². The fourth-order valence-corrected chi connectivity index (χ4v) is 4.34. The van der Waals surface area contributed by atoms with Crippen LogP contribution < -0.4 is 10.1 Å². The molecule has 6 heteroatoms. The van der Waals surface area contributed by atoms with Gasteiger partial charge in [-0.1, -0.05) is 24.1 Å². The predicted molar refractivity (Wildman–Crippen MR) is 93.7 cm³/mol. The number of nitrogens with zero attached hydrogens (tertiary/aromatic N) is 1. The number of aryl methyl sites for hydroxylation is 1. The highest BCUT2D eigenvalue weighted by molar-refractivity contribution is 5.80. The number of carboxylic acid groups (broad SMARTS) is 1. The molecule has 0 spiro atoms. The number of urea groups is 1. The van der Waals surface area contributed by atoms with E-state index >= 15 is 0 Å². The van der Waals surface area contributed by atoms with E-state index in [1.807, 2.05) is 32.0 Å². The number of nitrogens with one attached hydrogen (secondary N) is 1. The lowest BCUT2D eigenvalue weighted by Gasteiger charge is -2.25. The minimum Gasteiger partial charge on any atom is -0.496 e. The van der Waals surface area contributed by atoms with Crippen LogP contribution in [0.1, 0.15) is 43.4 Å². The Labute approximate surface area is 148 Å². The number of likely N-dealkylation sites (tertiary alicyclic amines) is 1. The monoisotopic (exact) mass is 346 g/mol. The maximum atomic E-state index is 12.7. The molecule has 0 radical (unpaired) electrons. The number of benzene rings is 1. The second-order valence-corrected chi connectivity index (χ2v) is 7.35. The summed E-state index contributed by atoms with van der Waals surface area (Å²) >= 11 is 0. The zero-order valence-electron chi connectivity index (χ0n) is 15.0. The third-order valence-electron chi connectivity index (χ3n) is 5.78. The standard InChI is InChI=1S/C19H26N2O4/c1-12-6-7-16(25-3)15(9-12)13(2)20-18(24)21-10-14-5-4-8-19(14,11-21)17(22)23/h6-7,9,13-14H,4-5,8,10-11H2,1-3H3,(H,20,24)(H,22,23)/t13-,14+,19-/m1/s1. The van der Waals surface area contributed by atoms with Crippen LogP contribution in [0.5, 0.6) is 5.75 Å². The Balaban J connectivity index is 1.71. The second kappa shape index (κ2) is 6.58. The average molecular weight is 346 g/mol. The Bertz CT molecular complexity index is 690. The van der Waals surface area contributed by atoms with E-state index in [0.717, 1.165) is 29.7 Å². The fourth-order valence-electron chi connectivity index (χ4n) is 4.34. The lowest BCUT2D eigenvalue weighted by molar-refractivity contribution is -0.149. The molecular weight excluding hydrogens is 320 g/mol. The molecule has 136 valence electrons. The predicted octanol–water partition coefficient (Wildman–Crippen LogP) is 2.96. The van der Waals surface area contributed by atoms with Crippen molar-refractivity contribution in [1.29, 1.82) is 0 Å². The molecular formula is C19H26N2O4. The van der Waals surface area contributed by atoms with Crippen LogP contribution in [0.4, 0.5) is 4.79 Å². The van der Waals surface area contributed by atoms with Gasteiger partial charge < -0.3 is 20.1 Å². The summed E-state index contributed by atoms with van der Waals surface area (Å²) in [6.45, 7) is 4.74. The number of amides is 2. The lowest BCUT2D eigenvalue weighted by Crippen LogP contribution is -2.42. The summed E-state index contributed by atoms with van der Waals surface area (Å²) in [5.74, 6) is 0.0389. The summed E-state index contributed by atoms with van der Waals surface area (Å²) in [7, 11) is 1.61. The molecule has 1 saturated heterocycles. The van der Waals surface area contributed by atoms with Crippen LogP contribution >= 0.6 is 0 Å². The van der Waals surface area contributed by atoms with Crippen LogP contribution in [0, 0.1) is 18.3 Å². The molecule has 0 bridgehead atoms. The number of carboxylic acids is 1. The maximum Gasteiger partial charge on any atom is 0.317 e. The molecule has 1 aromatic carbocycles. The van der Waals surface area contributed by atoms with E-state index in [1.54, 1.807) is 12.0 Å². The summed E-state index contributed by atoms with van der Waals surface area (Å²) < 4.78 is 5.39. The normalized spacial score (nSPS) is 26.2. The molecule has 2 amide bonds. The summed E-state index contributed by atoms with van der Waals surface area (Å²) in [5.41, 5.74) is 1.27. The number of rotatable bonds is 4. The SMILES string of the molecule is COc1ccc(C)cc1[C@@H](C)NC(=O)N1C[C@@H]2CCC[C@@]2(C(=O)O)C1. The maximum absolute atomic E-state index is 12.7. The van der Waals surface area contributed by atoms with E-state index in [-0.39, 0.29) is 18.0 Å². The first-order valence-corrected chi connectivity index (χ1v) is 8.81. The molecule has 3 rings (SSSR count). The molecule has 1 aliphatic heterocycles. The third-order valence-corrected chi connectivity index (χ3v) is 5.78. The summed E-state index contributed by atoms with van der Waals surface area (Å²) in [5, 5.41) is 12.7. The van der Waals surface area contributed by atoms with E-state index in [2.05, 4.69) is 5.32 Å². The molecule has 0 aromatic heterocycles. The highest BCUT2D eigenvalue weighted by Gasteiger charge is 2.55. The zero-order valence-corrected chi connectivity index (χ0v) is 15.0. The van der Waals surface area contributed by atoms with E-state index in [4.69, 9.17) is 4.74 Å². The van der Waals surface area contributed by atoms with Crippen molar-refractivity contribution in [1.82, 2.24) is 10.2 Å². The van der Waals surface area contributed by atoms with Crippen molar-refractivity contribution in [2.45, 2.75) is 39.2 Å². The van der Waals surface area contributed by atoms with Crippen LogP contribution in [0.15, 0.2) is 18.2 Å². The summed E-state index contributed by atoms with van der Waals surface area (Å²) in [4.78, 5) is 26.1. The number of hydrogen-bond acceptors (Lipinski definition) is 3. The van der Waals surface area contributed by atoms with Gasteiger partial charge in [0.25, 0.3) is 0 Å². The molecule has 0 unspecified atom stereocenters. The van der Waals surface area contributed by atoms with Gasteiger partial charge in [0.05, 0.1) is 18.6 Å². The van der Waals surface area contributed by atoms with E-state index < -0.39 is 11.4 Å². The topological polar surface area (TPSA) is 78.9 Å². The quantitative estimate of drug-likeness (QED) is 0.878. The van der Waals surface area contributed by atoms with Gasteiger partial charge in [0.1, 0.15) is 5.75 Å². The van der Waals surface area contributed by atoms with Gasteiger partial charge >= 0.3 is 12.0 Å². The van der Waals surface area contributed by atoms with Crippen molar-refractivity contribution in [2.24, 2.45) is 11.3 Å². The highest BCUT2D eigenvalue weighted by Crippen LogP contribution is 2.48. The van der Waals surface area contributed by atoms with Crippen molar-refractivity contribution in [3.63, 3.8) is 0 Å². The number of ether oxygens (including phenoxy) is 1. The molecule has 1 aromatic rings. The first-order valence-electron chi connectivity index (χ1n) is 8.81. The number of hydrogen-bond donors (Lipinski definition) is 2. The Hall–Kier alpha value is -2.24. The number of carbonyl (C=O) groups is 2. The van der Waals surface area contributed by atoms with Gasteiger partial charge in [-0.05, 0) is 38.7 Å². The molecule has 3 atom stereocenters. The summed E-state index contributed by atoms with van der Waals surface area (Å²) in [6, 6.07) is 5.44. The molecule has 2 N–H and O–H groups in total. The molecule has 2 aliphatic rings. The van der Waals surface area contributed by atoms with E-state index in [0.29, 0.717) is 19.5 Å². The van der Waals surface area contributed by atoms with Crippen LogP contribution in [0.25, 0.3) is 0 Å². The van der Waals surface area contributed by atoms with Crippen molar-refractivity contribution < 1.29 is 19.4 Å². The first kappa shape index (κ1) is 17.6. The van der Waals surface area contributed by atoms with Crippen molar-refractivity contribution >= 4 is 12.0 Å². The Morgan fingerprint density at radius 2 is 2.20 bits per heavy atom. The van der Waals surface area contributed by atoms with E-state index in [1.165, 1.54) is 0 Å². The molecule has 6 nitrogen and oxygen atoms in total. The Morgan fingerprint density at radius 1 is 1.44 bits per heavy atom. The molecule has 2 fully saturated rings. The molecule has 25 heavy (non-hydrogen) atoms. The van der Waals surface area contributed by atoms with Gasteiger partial charge in [0, 0.05) is 18.7 Å². The van der Waals surface area contributed by atoms with Gasteiger partial charge in [-0.15, -0.1) is 0 Å². The minimum absolute atomic E-state index is 0.0690. The van der Waals surface area contributed by atoms with Crippen LogP contribution in [-0.4, -0.2) is 42.2 Å². The van der Waals surface area contributed by atoms with Crippen LogP contribution in [0.3, 0.4) is 0 Å². The first-order chi connectivity index (χ1) is 11.9. The van der Waals surface area contributed by atoms with Gasteiger partial charge in [-0.2, -0.15) is 0 Å². The molecule has 1 aliphatic carbocycles. The van der Waals surface area contributed by atoms with Crippen molar-refractivity contribution in [3.05, 3.63) is 29.3 Å². The summed E-state index contributed by atoms with van der Waals surface area (Å²) in [6.07, 6.45) is 2.48. The third kappa shape index (κ3) is 3.05. The lowest BCUT2D eigenvalue weighted by atomic mass is 9.81.